The molecule has 20 heavy (non-hydrogen) atoms. The van der Waals surface area contributed by atoms with E-state index in [1.807, 2.05) is 31.2 Å². The van der Waals surface area contributed by atoms with Crippen molar-refractivity contribution in [1.82, 2.24) is 5.32 Å². The van der Waals surface area contributed by atoms with Gasteiger partial charge in [-0.1, -0.05) is 25.1 Å². The van der Waals surface area contributed by atoms with Gasteiger partial charge in [-0.2, -0.15) is 0 Å². The summed E-state index contributed by atoms with van der Waals surface area (Å²) in [6, 6.07) is 8.32. The molecule has 0 bridgehead atoms. The van der Waals surface area contributed by atoms with Gasteiger partial charge in [0.1, 0.15) is 17.9 Å². The third-order valence-corrected chi connectivity index (χ3v) is 3.61. The van der Waals surface area contributed by atoms with Crippen molar-refractivity contribution in [3.63, 3.8) is 0 Å². The van der Waals surface area contributed by atoms with Gasteiger partial charge >= 0.3 is 5.97 Å². The van der Waals surface area contributed by atoms with Crippen LogP contribution in [0.15, 0.2) is 24.3 Å². The third kappa shape index (κ3) is 3.51. The highest BCUT2D eigenvalue weighted by Crippen LogP contribution is 2.25. The lowest BCUT2D eigenvalue weighted by Gasteiger charge is -2.28. The zero-order valence-electron chi connectivity index (χ0n) is 12.4. The number of rotatable bonds is 7. The second-order valence-electron chi connectivity index (χ2n) is 5.49. The minimum atomic E-state index is -0.795. The first kappa shape index (κ1) is 14.9. The van der Waals surface area contributed by atoms with Gasteiger partial charge < -0.3 is 9.47 Å². The van der Waals surface area contributed by atoms with Crippen molar-refractivity contribution in [2.45, 2.75) is 44.7 Å². The molecule has 2 rings (SSSR count). The van der Waals surface area contributed by atoms with Crippen LogP contribution in [0.25, 0.3) is 0 Å². The lowest BCUT2D eigenvalue weighted by molar-refractivity contribution is -0.149. The molecular formula is C16H23NO3. The molecule has 0 spiro atoms. The number of hydrogen-bond acceptors (Lipinski definition) is 4. The van der Waals surface area contributed by atoms with E-state index in [2.05, 4.69) is 12.2 Å². The second-order valence-corrected chi connectivity index (χ2v) is 5.49. The molecule has 0 radical (unpaired) electrons. The van der Waals surface area contributed by atoms with E-state index in [-0.39, 0.29) is 12.6 Å². The summed E-state index contributed by atoms with van der Waals surface area (Å²) >= 11 is 0. The smallest absolute Gasteiger partial charge is 0.329 e. The Morgan fingerprint density at radius 1 is 1.40 bits per heavy atom. The van der Waals surface area contributed by atoms with Crippen molar-refractivity contribution in [2.75, 3.05) is 13.7 Å². The van der Waals surface area contributed by atoms with E-state index in [1.165, 1.54) is 7.11 Å². The Morgan fingerprint density at radius 2 is 2.10 bits per heavy atom. The zero-order chi connectivity index (χ0) is 14.6. The summed E-state index contributed by atoms with van der Waals surface area (Å²) < 4.78 is 10.8. The predicted octanol–water partition coefficient (Wildman–Crippen LogP) is 2.31. The molecule has 0 heterocycles. The number of aryl methyl sites for hydroxylation is 1. The van der Waals surface area contributed by atoms with Crippen molar-refractivity contribution in [3.05, 3.63) is 29.8 Å². The van der Waals surface area contributed by atoms with Gasteiger partial charge in [0, 0.05) is 6.04 Å². The summed E-state index contributed by atoms with van der Waals surface area (Å²) in [4.78, 5) is 12.0. The molecule has 1 saturated carbocycles. The average molecular weight is 277 g/mol. The molecule has 4 nitrogen and oxygen atoms in total. The molecule has 1 atom stereocenters. The van der Waals surface area contributed by atoms with E-state index in [9.17, 15) is 4.79 Å². The van der Waals surface area contributed by atoms with Crippen LogP contribution < -0.4 is 10.1 Å². The Hall–Kier alpha value is -1.55. The molecular weight excluding hydrogens is 254 g/mol. The Balaban J connectivity index is 2.05. The standard InChI is InChI=1S/C16H23NO3/c1-4-12-7-5-6-8-14(12)20-11-16(2,15(18)19-3)17-13-9-10-13/h5-8,13,17H,4,9-11H2,1-3H3. The van der Waals surface area contributed by atoms with Gasteiger partial charge in [0.25, 0.3) is 0 Å². The highest BCUT2D eigenvalue weighted by molar-refractivity contribution is 5.80. The summed E-state index contributed by atoms with van der Waals surface area (Å²) in [5.41, 5.74) is 0.350. The van der Waals surface area contributed by atoms with E-state index < -0.39 is 5.54 Å². The molecule has 1 aromatic rings. The van der Waals surface area contributed by atoms with Gasteiger partial charge in [0.15, 0.2) is 0 Å². The number of esters is 1. The molecule has 4 heteroatoms. The van der Waals surface area contributed by atoms with Crippen molar-refractivity contribution in [2.24, 2.45) is 0 Å². The van der Waals surface area contributed by atoms with Crippen LogP contribution in [0.4, 0.5) is 0 Å². The number of carbonyl (C=O) groups excluding carboxylic acids is 1. The minimum Gasteiger partial charge on any atom is -0.491 e. The number of ether oxygens (including phenoxy) is 2. The van der Waals surface area contributed by atoms with Crippen molar-refractivity contribution < 1.29 is 14.3 Å². The first-order chi connectivity index (χ1) is 9.59. The van der Waals surface area contributed by atoms with Crippen LogP contribution in [-0.4, -0.2) is 31.3 Å². The molecule has 1 unspecified atom stereocenters. The lowest BCUT2D eigenvalue weighted by Crippen LogP contribution is -2.55. The number of methoxy groups -OCH3 is 1. The fourth-order valence-electron chi connectivity index (χ4n) is 2.22. The maximum absolute atomic E-state index is 12.0. The van der Waals surface area contributed by atoms with E-state index in [0.29, 0.717) is 6.04 Å². The number of benzene rings is 1. The van der Waals surface area contributed by atoms with Crippen LogP contribution in [0, 0.1) is 0 Å². The van der Waals surface area contributed by atoms with Crippen LogP contribution in [0.1, 0.15) is 32.3 Å². The monoisotopic (exact) mass is 277 g/mol. The molecule has 0 saturated heterocycles. The summed E-state index contributed by atoms with van der Waals surface area (Å²) in [6.45, 7) is 4.20. The number of nitrogens with one attached hydrogen (secondary N) is 1. The van der Waals surface area contributed by atoms with E-state index in [0.717, 1.165) is 30.6 Å². The summed E-state index contributed by atoms with van der Waals surface area (Å²) in [6.07, 6.45) is 3.12. The molecule has 1 aliphatic carbocycles. The van der Waals surface area contributed by atoms with Crippen LogP contribution in [0.3, 0.4) is 0 Å². The van der Waals surface area contributed by atoms with Crippen LogP contribution >= 0.6 is 0 Å². The fraction of sp³-hybridized carbons (Fsp3) is 0.562. The van der Waals surface area contributed by atoms with Crippen molar-refractivity contribution in [1.29, 1.82) is 0 Å². The Kier molecular flexibility index (Phi) is 4.65. The summed E-state index contributed by atoms with van der Waals surface area (Å²) in [5.74, 6) is 0.557. The van der Waals surface area contributed by atoms with Gasteiger partial charge in [0.05, 0.1) is 7.11 Å². The molecule has 0 aliphatic heterocycles. The topological polar surface area (TPSA) is 47.6 Å². The van der Waals surface area contributed by atoms with E-state index in [4.69, 9.17) is 9.47 Å². The Morgan fingerprint density at radius 3 is 2.70 bits per heavy atom. The summed E-state index contributed by atoms with van der Waals surface area (Å²) in [7, 11) is 1.41. The quantitative estimate of drug-likeness (QED) is 0.777. The van der Waals surface area contributed by atoms with Gasteiger partial charge in [0.2, 0.25) is 0 Å². The predicted molar refractivity (Wildman–Crippen MR) is 77.9 cm³/mol. The van der Waals surface area contributed by atoms with Crippen LogP contribution in [0.2, 0.25) is 0 Å². The zero-order valence-corrected chi connectivity index (χ0v) is 12.4. The molecule has 110 valence electrons. The fourth-order valence-corrected chi connectivity index (χ4v) is 2.22. The maximum atomic E-state index is 12.0. The van der Waals surface area contributed by atoms with Gasteiger partial charge in [-0.05, 0) is 37.8 Å². The highest BCUT2D eigenvalue weighted by atomic mass is 16.5. The lowest BCUT2D eigenvalue weighted by atomic mass is 10.0. The first-order valence-corrected chi connectivity index (χ1v) is 7.16. The molecule has 0 aromatic heterocycles. The van der Waals surface area contributed by atoms with Crippen LogP contribution in [-0.2, 0) is 16.0 Å². The second kappa shape index (κ2) is 6.27. The SMILES string of the molecule is CCc1ccccc1OCC(C)(NC1CC1)C(=O)OC. The molecule has 1 fully saturated rings. The van der Waals surface area contributed by atoms with E-state index >= 15 is 0 Å². The summed E-state index contributed by atoms with van der Waals surface area (Å²) in [5, 5.41) is 3.33. The largest absolute Gasteiger partial charge is 0.491 e. The first-order valence-electron chi connectivity index (χ1n) is 7.16. The third-order valence-electron chi connectivity index (χ3n) is 3.61. The highest BCUT2D eigenvalue weighted by Gasteiger charge is 2.40. The molecule has 1 N–H and O–H groups in total. The normalized spacial score (nSPS) is 17.4. The number of carbonyl (C=O) groups is 1. The molecule has 1 aromatic carbocycles. The van der Waals surface area contributed by atoms with Crippen LogP contribution in [0.5, 0.6) is 5.75 Å². The van der Waals surface area contributed by atoms with Gasteiger partial charge in [-0.3, -0.25) is 5.32 Å². The molecule has 0 amide bonds. The van der Waals surface area contributed by atoms with Gasteiger partial charge in [-0.25, -0.2) is 4.79 Å². The van der Waals surface area contributed by atoms with Crippen molar-refractivity contribution in [3.8, 4) is 5.75 Å². The minimum absolute atomic E-state index is 0.271. The number of hydrogen-bond donors (Lipinski definition) is 1. The number of para-hydroxylation sites is 1. The Bertz CT molecular complexity index is 471. The Labute approximate surface area is 120 Å². The van der Waals surface area contributed by atoms with Crippen molar-refractivity contribution >= 4 is 5.97 Å². The average Bonchev–Trinajstić information content (AvgIpc) is 3.28. The maximum Gasteiger partial charge on any atom is 0.329 e. The van der Waals surface area contributed by atoms with E-state index in [1.54, 1.807) is 0 Å². The molecule has 1 aliphatic rings. The van der Waals surface area contributed by atoms with Gasteiger partial charge in [-0.15, -0.1) is 0 Å².